The molecule has 1 heterocycles. The van der Waals surface area contributed by atoms with E-state index >= 15 is 0 Å². The lowest BCUT2D eigenvalue weighted by molar-refractivity contribution is -0.134. The first-order valence-electron chi connectivity index (χ1n) is 10.3. The van der Waals surface area contributed by atoms with Crippen LogP contribution in [0, 0.1) is 5.92 Å². The van der Waals surface area contributed by atoms with Crippen molar-refractivity contribution in [3.8, 4) is 0 Å². The lowest BCUT2D eigenvalue weighted by Gasteiger charge is -2.23. The van der Waals surface area contributed by atoms with Crippen LogP contribution in [0.1, 0.15) is 69.9 Å². The van der Waals surface area contributed by atoms with Crippen molar-refractivity contribution in [2.75, 3.05) is 13.1 Å². The Hall–Kier alpha value is -2.37. The molecule has 6 nitrogen and oxygen atoms in total. The van der Waals surface area contributed by atoms with Crippen LogP contribution in [0.3, 0.4) is 0 Å². The van der Waals surface area contributed by atoms with Gasteiger partial charge in [0, 0.05) is 6.54 Å². The topological polar surface area (TPSA) is 78.5 Å². The molecule has 1 aromatic rings. The number of nitrogens with one attached hydrogen (secondary N) is 2. The third-order valence-electron chi connectivity index (χ3n) is 6.04. The lowest BCUT2D eigenvalue weighted by atomic mass is 9.89. The van der Waals surface area contributed by atoms with Crippen LogP contribution in [-0.4, -0.2) is 35.8 Å². The van der Waals surface area contributed by atoms with Crippen molar-refractivity contribution >= 4 is 17.8 Å². The van der Waals surface area contributed by atoms with Gasteiger partial charge in [0.1, 0.15) is 12.1 Å². The van der Waals surface area contributed by atoms with Gasteiger partial charge in [-0.2, -0.15) is 0 Å². The van der Waals surface area contributed by atoms with E-state index in [0.717, 1.165) is 23.3 Å². The molecule has 0 radical (unpaired) electrons. The summed E-state index contributed by atoms with van der Waals surface area (Å²) in [4.78, 5) is 38.7. The molecule has 0 bridgehead atoms. The maximum absolute atomic E-state index is 13.0. The Bertz CT molecular complexity index is 738. The van der Waals surface area contributed by atoms with Gasteiger partial charge in [0.25, 0.3) is 5.91 Å². The quantitative estimate of drug-likeness (QED) is 0.738. The van der Waals surface area contributed by atoms with Gasteiger partial charge in [-0.3, -0.25) is 14.5 Å². The Balaban J connectivity index is 1.62. The van der Waals surface area contributed by atoms with Crippen LogP contribution in [0.4, 0.5) is 4.79 Å². The Kier molecular flexibility index (Phi) is 6.06. The van der Waals surface area contributed by atoms with Gasteiger partial charge < -0.3 is 10.6 Å². The fraction of sp³-hybridized carbons (Fsp3) is 0.591. The summed E-state index contributed by atoms with van der Waals surface area (Å²) in [6.07, 6.45) is 5.95. The summed E-state index contributed by atoms with van der Waals surface area (Å²) in [5, 5.41) is 5.66. The first-order valence-corrected chi connectivity index (χ1v) is 10.3. The molecule has 1 atom stereocenters. The number of benzene rings is 1. The molecule has 2 fully saturated rings. The predicted octanol–water partition coefficient (Wildman–Crippen LogP) is 3.27. The van der Waals surface area contributed by atoms with E-state index in [1.165, 1.54) is 24.8 Å². The number of hydrogen-bond donors (Lipinski definition) is 2. The fourth-order valence-corrected chi connectivity index (χ4v) is 4.09. The number of amides is 4. The molecule has 1 saturated heterocycles. The number of nitrogens with zero attached hydrogens (tertiary/aromatic N) is 1. The molecule has 1 aliphatic carbocycles. The molecule has 2 aliphatic rings. The first kappa shape index (κ1) is 20.4. The van der Waals surface area contributed by atoms with Crippen LogP contribution >= 0.6 is 0 Å². The molecule has 152 valence electrons. The van der Waals surface area contributed by atoms with Gasteiger partial charge in [-0.15, -0.1) is 0 Å². The Labute approximate surface area is 167 Å². The zero-order valence-corrected chi connectivity index (χ0v) is 17.1. The summed E-state index contributed by atoms with van der Waals surface area (Å²) in [7, 11) is 0. The smallest absolute Gasteiger partial charge is 0.325 e. The Morgan fingerprint density at radius 3 is 2.43 bits per heavy atom. The van der Waals surface area contributed by atoms with Gasteiger partial charge in [-0.05, 0) is 42.7 Å². The number of carbonyl (C=O) groups excluding carboxylic acids is 3. The van der Waals surface area contributed by atoms with Crippen LogP contribution in [0.15, 0.2) is 24.3 Å². The summed E-state index contributed by atoms with van der Waals surface area (Å²) in [6, 6.07) is 7.18. The summed E-state index contributed by atoms with van der Waals surface area (Å²) in [6.45, 7) is 6.28. The highest BCUT2D eigenvalue weighted by Gasteiger charge is 2.49. The third-order valence-corrected chi connectivity index (χ3v) is 6.04. The second-order valence-corrected chi connectivity index (χ2v) is 8.53. The van der Waals surface area contributed by atoms with Gasteiger partial charge >= 0.3 is 6.03 Å². The summed E-state index contributed by atoms with van der Waals surface area (Å²) in [5.74, 6) is 0.224. The number of urea groups is 1. The minimum Gasteiger partial charge on any atom is -0.354 e. The molecular formula is C22H31N3O3. The molecule has 0 spiro atoms. The molecule has 4 amide bonds. The fourth-order valence-electron chi connectivity index (χ4n) is 4.09. The van der Waals surface area contributed by atoms with E-state index in [4.69, 9.17) is 0 Å². The average molecular weight is 386 g/mol. The van der Waals surface area contributed by atoms with E-state index in [2.05, 4.69) is 24.5 Å². The van der Waals surface area contributed by atoms with Crippen LogP contribution < -0.4 is 10.6 Å². The minimum atomic E-state index is -1.14. The molecule has 1 aliphatic heterocycles. The maximum Gasteiger partial charge on any atom is 0.325 e. The Morgan fingerprint density at radius 1 is 1.18 bits per heavy atom. The van der Waals surface area contributed by atoms with E-state index in [1.54, 1.807) is 6.92 Å². The van der Waals surface area contributed by atoms with Crippen LogP contribution in [0.25, 0.3) is 0 Å². The van der Waals surface area contributed by atoms with Crippen molar-refractivity contribution in [2.24, 2.45) is 5.92 Å². The van der Waals surface area contributed by atoms with E-state index in [1.807, 2.05) is 24.3 Å². The first-order chi connectivity index (χ1) is 13.3. The molecule has 0 aromatic heterocycles. The Morgan fingerprint density at radius 2 is 1.82 bits per heavy atom. The van der Waals surface area contributed by atoms with Crippen molar-refractivity contribution in [1.29, 1.82) is 0 Å². The normalized spacial score (nSPS) is 23.2. The second-order valence-electron chi connectivity index (χ2n) is 8.53. The van der Waals surface area contributed by atoms with E-state index < -0.39 is 11.6 Å². The molecule has 1 saturated carbocycles. The van der Waals surface area contributed by atoms with Crippen molar-refractivity contribution in [1.82, 2.24) is 15.5 Å². The van der Waals surface area contributed by atoms with E-state index in [9.17, 15) is 14.4 Å². The van der Waals surface area contributed by atoms with Crippen molar-refractivity contribution in [3.63, 3.8) is 0 Å². The monoisotopic (exact) mass is 385 g/mol. The standard InChI is InChI=1S/C22H31N3O3/c1-15(2)17-9-11-18(12-10-17)22(3)20(27)25(21(28)24-22)14-19(26)23-13-16-7-5-4-6-8-16/h9-12,15-16H,4-8,13-14H2,1-3H3,(H,23,26)(H,24,28)/t22-/m0/s1. The lowest BCUT2D eigenvalue weighted by Crippen LogP contribution is -2.44. The highest BCUT2D eigenvalue weighted by atomic mass is 16.2. The second kappa shape index (κ2) is 8.33. The molecule has 1 aromatic carbocycles. The number of carbonyl (C=O) groups is 3. The summed E-state index contributed by atoms with van der Waals surface area (Å²) >= 11 is 0. The van der Waals surface area contributed by atoms with E-state index in [-0.39, 0.29) is 18.4 Å². The zero-order valence-electron chi connectivity index (χ0n) is 17.1. The van der Waals surface area contributed by atoms with Gasteiger partial charge in [-0.25, -0.2) is 4.79 Å². The SMILES string of the molecule is CC(C)c1ccc([C@]2(C)NC(=O)N(CC(=O)NCC3CCCCC3)C2=O)cc1. The molecule has 28 heavy (non-hydrogen) atoms. The number of imide groups is 1. The molecular weight excluding hydrogens is 354 g/mol. The molecule has 3 rings (SSSR count). The highest BCUT2D eigenvalue weighted by molar-refractivity contribution is 6.09. The van der Waals surface area contributed by atoms with Gasteiger partial charge in [0.15, 0.2) is 0 Å². The van der Waals surface area contributed by atoms with Crippen LogP contribution in [-0.2, 0) is 15.1 Å². The summed E-state index contributed by atoms with van der Waals surface area (Å²) < 4.78 is 0. The van der Waals surface area contributed by atoms with Crippen LogP contribution in [0.2, 0.25) is 0 Å². The molecule has 2 N–H and O–H groups in total. The van der Waals surface area contributed by atoms with Gasteiger partial charge in [0.05, 0.1) is 0 Å². The molecule has 6 heteroatoms. The molecule has 0 unspecified atom stereocenters. The van der Waals surface area contributed by atoms with Gasteiger partial charge in [-0.1, -0.05) is 57.4 Å². The van der Waals surface area contributed by atoms with Crippen molar-refractivity contribution in [3.05, 3.63) is 35.4 Å². The average Bonchev–Trinajstić information content (AvgIpc) is 2.91. The largest absolute Gasteiger partial charge is 0.354 e. The minimum absolute atomic E-state index is 0.239. The van der Waals surface area contributed by atoms with Crippen molar-refractivity contribution in [2.45, 2.75) is 64.3 Å². The number of rotatable bonds is 6. The summed E-state index contributed by atoms with van der Waals surface area (Å²) in [5.41, 5.74) is 0.749. The van der Waals surface area contributed by atoms with Crippen LogP contribution in [0.5, 0.6) is 0 Å². The third kappa shape index (κ3) is 4.21. The van der Waals surface area contributed by atoms with Crippen molar-refractivity contribution < 1.29 is 14.4 Å². The van der Waals surface area contributed by atoms with E-state index in [0.29, 0.717) is 18.4 Å². The zero-order chi connectivity index (χ0) is 20.3. The predicted molar refractivity (Wildman–Crippen MR) is 108 cm³/mol. The maximum atomic E-state index is 13.0. The number of hydrogen-bond acceptors (Lipinski definition) is 3. The van der Waals surface area contributed by atoms with Gasteiger partial charge in [0.2, 0.25) is 5.91 Å². The highest BCUT2D eigenvalue weighted by Crippen LogP contribution is 2.30.